The molecule has 0 bridgehead atoms. The molecule has 7 nitrogen and oxygen atoms in total. The first-order chi connectivity index (χ1) is 11.0. The maximum Gasteiger partial charge on any atom is 0.308 e. The van der Waals surface area contributed by atoms with E-state index in [0.29, 0.717) is 43.9 Å². The third kappa shape index (κ3) is 7.96. The number of carbonyl (C=O) groups is 3. The van der Waals surface area contributed by atoms with Gasteiger partial charge in [-0.15, -0.1) is 0 Å². The second kappa shape index (κ2) is 10.3. The smallest absolute Gasteiger partial charge is 0.308 e. The predicted octanol–water partition coefficient (Wildman–Crippen LogP) is 0.885. The third-order valence-electron chi connectivity index (χ3n) is 2.85. The van der Waals surface area contributed by atoms with E-state index in [9.17, 15) is 14.4 Å². The van der Waals surface area contributed by atoms with Crippen molar-refractivity contribution in [3.8, 4) is 5.75 Å². The predicted molar refractivity (Wildman–Crippen MR) is 84.2 cm³/mol. The van der Waals surface area contributed by atoms with Gasteiger partial charge >= 0.3 is 5.97 Å². The van der Waals surface area contributed by atoms with Crippen LogP contribution in [0.25, 0.3) is 0 Å². The van der Waals surface area contributed by atoms with Crippen LogP contribution in [-0.4, -0.2) is 44.6 Å². The summed E-state index contributed by atoms with van der Waals surface area (Å²) >= 11 is 0. The van der Waals surface area contributed by atoms with E-state index in [-0.39, 0.29) is 11.8 Å². The SMILES string of the molecule is COCCC(=O)NCCCNC(=O)c1cccc(OC(C)=O)c1. The van der Waals surface area contributed by atoms with E-state index in [1.807, 2.05) is 0 Å². The Labute approximate surface area is 135 Å². The maximum atomic E-state index is 12.0. The lowest BCUT2D eigenvalue weighted by Crippen LogP contribution is -2.30. The highest BCUT2D eigenvalue weighted by atomic mass is 16.5. The van der Waals surface area contributed by atoms with Crippen LogP contribution >= 0.6 is 0 Å². The Hall–Kier alpha value is -2.41. The number of hydrogen-bond donors (Lipinski definition) is 2. The molecule has 0 radical (unpaired) electrons. The number of rotatable bonds is 9. The monoisotopic (exact) mass is 322 g/mol. The Morgan fingerprint density at radius 3 is 2.57 bits per heavy atom. The molecule has 1 rings (SSSR count). The molecule has 0 saturated carbocycles. The maximum absolute atomic E-state index is 12.0. The van der Waals surface area contributed by atoms with Crippen molar-refractivity contribution in [1.82, 2.24) is 10.6 Å². The molecule has 0 aliphatic heterocycles. The summed E-state index contributed by atoms with van der Waals surface area (Å²) in [6.45, 7) is 2.60. The fourth-order valence-electron chi connectivity index (χ4n) is 1.77. The summed E-state index contributed by atoms with van der Waals surface area (Å²) in [5.74, 6) is -0.445. The first-order valence-corrected chi connectivity index (χ1v) is 7.35. The van der Waals surface area contributed by atoms with Gasteiger partial charge in [-0.3, -0.25) is 14.4 Å². The standard InChI is InChI=1S/C16H22N2O5/c1-12(19)23-14-6-3-5-13(11-14)16(21)18-9-4-8-17-15(20)7-10-22-2/h3,5-6,11H,4,7-10H2,1-2H3,(H,17,20)(H,18,21). The topological polar surface area (TPSA) is 93.7 Å². The van der Waals surface area contributed by atoms with Gasteiger partial charge in [0.2, 0.25) is 5.91 Å². The van der Waals surface area contributed by atoms with Crippen LogP contribution < -0.4 is 15.4 Å². The molecular weight excluding hydrogens is 300 g/mol. The molecule has 0 aliphatic rings. The number of amides is 2. The van der Waals surface area contributed by atoms with Crippen LogP contribution in [0.15, 0.2) is 24.3 Å². The van der Waals surface area contributed by atoms with Gasteiger partial charge in [-0.2, -0.15) is 0 Å². The first kappa shape index (κ1) is 18.6. The van der Waals surface area contributed by atoms with Crippen molar-refractivity contribution >= 4 is 17.8 Å². The van der Waals surface area contributed by atoms with Crippen molar-refractivity contribution in [2.75, 3.05) is 26.8 Å². The lowest BCUT2D eigenvalue weighted by Gasteiger charge is -2.08. The van der Waals surface area contributed by atoms with Crippen molar-refractivity contribution in [3.05, 3.63) is 29.8 Å². The molecule has 0 unspecified atom stereocenters. The number of methoxy groups -OCH3 is 1. The molecule has 0 saturated heterocycles. The fourth-order valence-corrected chi connectivity index (χ4v) is 1.77. The first-order valence-electron chi connectivity index (χ1n) is 7.35. The lowest BCUT2D eigenvalue weighted by molar-refractivity contribution is -0.131. The van der Waals surface area contributed by atoms with E-state index < -0.39 is 5.97 Å². The molecular formula is C16H22N2O5. The Morgan fingerprint density at radius 2 is 1.87 bits per heavy atom. The third-order valence-corrected chi connectivity index (χ3v) is 2.85. The minimum absolute atomic E-state index is 0.0766. The number of carbonyl (C=O) groups excluding carboxylic acids is 3. The van der Waals surface area contributed by atoms with Gasteiger partial charge in [0, 0.05) is 39.1 Å². The van der Waals surface area contributed by atoms with E-state index in [1.165, 1.54) is 13.0 Å². The molecule has 23 heavy (non-hydrogen) atoms. The second-order valence-electron chi connectivity index (χ2n) is 4.82. The van der Waals surface area contributed by atoms with Crippen LogP contribution in [0.3, 0.4) is 0 Å². The van der Waals surface area contributed by atoms with Gasteiger partial charge in [0.25, 0.3) is 5.91 Å². The zero-order chi connectivity index (χ0) is 17.1. The van der Waals surface area contributed by atoms with Gasteiger partial charge in [0.05, 0.1) is 6.61 Å². The fraction of sp³-hybridized carbons (Fsp3) is 0.438. The number of hydrogen-bond acceptors (Lipinski definition) is 5. The van der Waals surface area contributed by atoms with Crippen LogP contribution in [0, 0.1) is 0 Å². The van der Waals surface area contributed by atoms with Crippen LogP contribution in [0.2, 0.25) is 0 Å². The van der Waals surface area contributed by atoms with Gasteiger partial charge in [-0.25, -0.2) is 0 Å². The summed E-state index contributed by atoms with van der Waals surface area (Å²) < 4.78 is 9.73. The normalized spacial score (nSPS) is 10.0. The summed E-state index contributed by atoms with van der Waals surface area (Å²) in [4.78, 5) is 34.2. The Bertz CT molecular complexity index is 545. The van der Waals surface area contributed by atoms with Crippen LogP contribution in [-0.2, 0) is 14.3 Å². The summed E-state index contributed by atoms with van der Waals surface area (Å²) in [6, 6.07) is 6.38. The molecule has 0 fully saturated rings. The number of nitrogens with one attached hydrogen (secondary N) is 2. The zero-order valence-corrected chi connectivity index (χ0v) is 13.4. The minimum atomic E-state index is -0.438. The Morgan fingerprint density at radius 1 is 1.13 bits per heavy atom. The van der Waals surface area contributed by atoms with E-state index in [0.717, 1.165) is 0 Å². The van der Waals surface area contributed by atoms with E-state index >= 15 is 0 Å². The molecule has 1 aromatic rings. The molecule has 0 aromatic heterocycles. The molecule has 0 spiro atoms. The highest BCUT2D eigenvalue weighted by Gasteiger charge is 2.07. The summed E-state index contributed by atoms with van der Waals surface area (Å²) in [5, 5.41) is 5.47. The van der Waals surface area contributed by atoms with Gasteiger partial charge in [0.1, 0.15) is 5.75 Å². The van der Waals surface area contributed by atoms with Gasteiger partial charge in [0.15, 0.2) is 0 Å². The number of ether oxygens (including phenoxy) is 2. The van der Waals surface area contributed by atoms with E-state index in [4.69, 9.17) is 9.47 Å². The van der Waals surface area contributed by atoms with Crippen molar-refractivity contribution in [3.63, 3.8) is 0 Å². The second-order valence-corrected chi connectivity index (χ2v) is 4.82. The molecule has 126 valence electrons. The average molecular weight is 322 g/mol. The highest BCUT2D eigenvalue weighted by molar-refractivity contribution is 5.94. The molecule has 2 N–H and O–H groups in total. The van der Waals surface area contributed by atoms with Gasteiger partial charge < -0.3 is 20.1 Å². The molecule has 2 amide bonds. The van der Waals surface area contributed by atoms with Gasteiger partial charge in [-0.05, 0) is 24.6 Å². The molecule has 0 heterocycles. The summed E-state index contributed by atoms with van der Waals surface area (Å²) in [6.07, 6.45) is 0.944. The number of benzene rings is 1. The van der Waals surface area contributed by atoms with E-state index in [1.54, 1.807) is 25.3 Å². The van der Waals surface area contributed by atoms with Crippen molar-refractivity contribution in [2.45, 2.75) is 19.8 Å². The highest BCUT2D eigenvalue weighted by Crippen LogP contribution is 2.13. The van der Waals surface area contributed by atoms with Crippen molar-refractivity contribution in [1.29, 1.82) is 0 Å². The molecule has 0 aliphatic carbocycles. The molecule has 7 heteroatoms. The van der Waals surface area contributed by atoms with Gasteiger partial charge in [-0.1, -0.05) is 6.07 Å². The minimum Gasteiger partial charge on any atom is -0.427 e. The van der Waals surface area contributed by atoms with E-state index in [2.05, 4.69) is 10.6 Å². The largest absolute Gasteiger partial charge is 0.427 e. The Kier molecular flexibility index (Phi) is 8.38. The zero-order valence-electron chi connectivity index (χ0n) is 13.4. The van der Waals surface area contributed by atoms with Crippen molar-refractivity contribution < 1.29 is 23.9 Å². The van der Waals surface area contributed by atoms with Crippen LogP contribution in [0.4, 0.5) is 0 Å². The summed E-state index contributed by atoms with van der Waals surface area (Å²) in [7, 11) is 1.54. The summed E-state index contributed by atoms with van der Waals surface area (Å²) in [5.41, 5.74) is 0.410. The van der Waals surface area contributed by atoms with Crippen LogP contribution in [0.5, 0.6) is 5.75 Å². The lowest BCUT2D eigenvalue weighted by atomic mass is 10.2. The average Bonchev–Trinajstić information content (AvgIpc) is 2.52. The van der Waals surface area contributed by atoms with Crippen LogP contribution in [0.1, 0.15) is 30.1 Å². The quantitative estimate of drug-likeness (QED) is 0.400. The molecule has 0 atom stereocenters. The van der Waals surface area contributed by atoms with Crippen molar-refractivity contribution in [2.24, 2.45) is 0 Å². The number of esters is 1. The molecule has 1 aromatic carbocycles. The Balaban J connectivity index is 2.29.